The number of carboxylic acids is 1. The van der Waals surface area contributed by atoms with Crippen molar-refractivity contribution < 1.29 is 14.7 Å². The van der Waals surface area contributed by atoms with Crippen molar-refractivity contribution in [3.8, 4) is 0 Å². The molecule has 0 aromatic heterocycles. The van der Waals surface area contributed by atoms with Crippen LogP contribution in [0.5, 0.6) is 0 Å². The Bertz CT molecular complexity index is 568. The molecule has 1 amide bonds. The number of thioether (sulfide) groups is 1. The van der Waals surface area contributed by atoms with Gasteiger partial charge in [0, 0.05) is 11.4 Å². The third-order valence-corrected chi connectivity index (χ3v) is 5.95. The van der Waals surface area contributed by atoms with Crippen LogP contribution in [0, 0.1) is 5.41 Å². The second kappa shape index (κ2) is 5.72. The number of hydrogen-bond acceptors (Lipinski definition) is 3. The monoisotopic (exact) mass is 305 g/mol. The second-order valence-corrected chi connectivity index (χ2v) is 7.25. The summed E-state index contributed by atoms with van der Waals surface area (Å²) in [5, 5.41) is 11.9. The zero-order chi connectivity index (χ0) is 14.9. The van der Waals surface area contributed by atoms with E-state index in [-0.39, 0.29) is 23.0 Å². The van der Waals surface area contributed by atoms with Crippen LogP contribution < -0.4 is 5.32 Å². The fourth-order valence-corrected chi connectivity index (χ4v) is 4.24. The number of para-hydroxylation sites is 1. The molecule has 21 heavy (non-hydrogen) atoms. The molecule has 2 N–H and O–H groups in total. The van der Waals surface area contributed by atoms with Crippen LogP contribution in [0.2, 0.25) is 0 Å². The van der Waals surface area contributed by atoms with Gasteiger partial charge in [-0.05, 0) is 42.7 Å². The van der Waals surface area contributed by atoms with Gasteiger partial charge in [-0.3, -0.25) is 9.59 Å². The highest BCUT2D eigenvalue weighted by Crippen LogP contribution is 2.51. The second-order valence-electron chi connectivity index (χ2n) is 6.06. The minimum absolute atomic E-state index is 0.0519. The SMILES string of the molecule is O=C(O)CC1(CSC2CCc3ccccc3NC2=O)CC1. The van der Waals surface area contributed by atoms with E-state index < -0.39 is 5.97 Å². The lowest BCUT2D eigenvalue weighted by molar-refractivity contribution is -0.138. The van der Waals surface area contributed by atoms with Crippen LogP contribution >= 0.6 is 11.8 Å². The Morgan fingerprint density at radius 1 is 1.38 bits per heavy atom. The van der Waals surface area contributed by atoms with Crippen LogP contribution in [0.4, 0.5) is 5.69 Å². The third-order valence-electron chi connectivity index (χ3n) is 4.32. The van der Waals surface area contributed by atoms with E-state index in [0.717, 1.165) is 37.1 Å². The lowest BCUT2D eigenvalue weighted by atomic mass is 10.1. The van der Waals surface area contributed by atoms with E-state index in [1.54, 1.807) is 11.8 Å². The van der Waals surface area contributed by atoms with Gasteiger partial charge < -0.3 is 10.4 Å². The molecule has 1 aliphatic heterocycles. The Kier molecular flexibility index (Phi) is 3.93. The van der Waals surface area contributed by atoms with Crippen LogP contribution in [-0.4, -0.2) is 28.0 Å². The van der Waals surface area contributed by atoms with Gasteiger partial charge in [-0.2, -0.15) is 0 Å². The first-order valence-electron chi connectivity index (χ1n) is 7.30. The standard InChI is InChI=1S/C16H19NO3S/c18-14(19)9-16(7-8-16)10-21-13-6-5-11-3-1-2-4-12(11)17-15(13)20/h1-4,13H,5-10H2,(H,17,20)(H,18,19). The van der Waals surface area contributed by atoms with Gasteiger partial charge in [-0.15, -0.1) is 11.8 Å². The van der Waals surface area contributed by atoms with Crippen molar-refractivity contribution in [2.75, 3.05) is 11.1 Å². The van der Waals surface area contributed by atoms with Gasteiger partial charge >= 0.3 is 5.97 Å². The van der Waals surface area contributed by atoms with Crippen molar-refractivity contribution in [3.05, 3.63) is 29.8 Å². The van der Waals surface area contributed by atoms with E-state index in [1.165, 1.54) is 5.56 Å². The predicted molar refractivity (Wildman–Crippen MR) is 83.6 cm³/mol. The van der Waals surface area contributed by atoms with Gasteiger partial charge in [0.05, 0.1) is 11.7 Å². The third kappa shape index (κ3) is 3.40. The molecule has 1 aliphatic carbocycles. The number of benzene rings is 1. The zero-order valence-corrected chi connectivity index (χ0v) is 12.6. The van der Waals surface area contributed by atoms with E-state index in [0.29, 0.717) is 0 Å². The minimum Gasteiger partial charge on any atom is -0.481 e. The molecule has 0 bridgehead atoms. The fraction of sp³-hybridized carbons (Fsp3) is 0.500. The summed E-state index contributed by atoms with van der Waals surface area (Å²) in [7, 11) is 0. The summed E-state index contributed by atoms with van der Waals surface area (Å²) in [6.07, 6.45) is 3.88. The topological polar surface area (TPSA) is 66.4 Å². The van der Waals surface area contributed by atoms with Crippen LogP contribution in [0.1, 0.15) is 31.2 Å². The summed E-state index contributed by atoms with van der Waals surface area (Å²) in [6, 6.07) is 7.91. The normalized spacial score (nSPS) is 22.9. The van der Waals surface area contributed by atoms with Gasteiger partial charge in [0.1, 0.15) is 0 Å². The van der Waals surface area contributed by atoms with Crippen molar-refractivity contribution in [3.63, 3.8) is 0 Å². The Hall–Kier alpha value is -1.49. The molecule has 1 heterocycles. The smallest absolute Gasteiger partial charge is 0.303 e. The Balaban J connectivity index is 1.60. The van der Waals surface area contributed by atoms with Crippen molar-refractivity contribution in [1.82, 2.24) is 0 Å². The van der Waals surface area contributed by atoms with Crippen LogP contribution in [0.3, 0.4) is 0 Å². The maximum absolute atomic E-state index is 12.3. The van der Waals surface area contributed by atoms with Crippen LogP contribution in [0.15, 0.2) is 24.3 Å². The quantitative estimate of drug-likeness (QED) is 0.878. The summed E-state index contributed by atoms with van der Waals surface area (Å²) in [6.45, 7) is 0. The van der Waals surface area contributed by atoms with Crippen molar-refractivity contribution in [2.45, 2.75) is 37.4 Å². The molecule has 0 spiro atoms. The number of hydrogen-bond donors (Lipinski definition) is 2. The molecule has 1 unspecified atom stereocenters. The molecule has 2 aliphatic rings. The summed E-state index contributed by atoms with van der Waals surface area (Å²) in [5.74, 6) is 0.0928. The number of rotatable bonds is 5. The molecule has 0 radical (unpaired) electrons. The highest BCUT2D eigenvalue weighted by atomic mass is 32.2. The Labute approximate surface area is 128 Å². The van der Waals surface area contributed by atoms with Crippen molar-refractivity contribution in [1.29, 1.82) is 0 Å². The largest absolute Gasteiger partial charge is 0.481 e. The lowest BCUT2D eigenvalue weighted by Crippen LogP contribution is -2.25. The highest BCUT2D eigenvalue weighted by molar-refractivity contribution is 8.00. The van der Waals surface area contributed by atoms with Crippen LogP contribution in [-0.2, 0) is 16.0 Å². The van der Waals surface area contributed by atoms with Crippen molar-refractivity contribution >= 4 is 29.3 Å². The molecule has 1 atom stereocenters. The molecular weight excluding hydrogens is 286 g/mol. The summed E-state index contributed by atoms with van der Waals surface area (Å²) in [5.41, 5.74) is 2.04. The Morgan fingerprint density at radius 3 is 2.86 bits per heavy atom. The number of carbonyl (C=O) groups is 2. The number of anilines is 1. The Morgan fingerprint density at radius 2 is 2.14 bits per heavy atom. The molecular formula is C16H19NO3S. The molecule has 3 rings (SSSR count). The van der Waals surface area contributed by atoms with Gasteiger partial charge in [0.2, 0.25) is 5.91 Å². The van der Waals surface area contributed by atoms with Gasteiger partial charge in [0.15, 0.2) is 0 Å². The summed E-state index contributed by atoms with van der Waals surface area (Å²) >= 11 is 1.63. The van der Waals surface area contributed by atoms with Gasteiger partial charge in [-0.25, -0.2) is 0 Å². The van der Waals surface area contributed by atoms with Crippen molar-refractivity contribution in [2.24, 2.45) is 5.41 Å². The molecule has 1 saturated carbocycles. The molecule has 5 heteroatoms. The van der Waals surface area contributed by atoms with E-state index in [1.807, 2.05) is 18.2 Å². The van der Waals surface area contributed by atoms with E-state index in [2.05, 4.69) is 11.4 Å². The maximum atomic E-state index is 12.3. The summed E-state index contributed by atoms with van der Waals surface area (Å²) < 4.78 is 0. The summed E-state index contributed by atoms with van der Waals surface area (Å²) in [4.78, 5) is 23.2. The maximum Gasteiger partial charge on any atom is 0.303 e. The first-order valence-corrected chi connectivity index (χ1v) is 8.35. The average molecular weight is 305 g/mol. The molecule has 4 nitrogen and oxygen atoms in total. The number of fused-ring (bicyclic) bond motifs is 1. The lowest BCUT2D eigenvalue weighted by Gasteiger charge is -2.17. The predicted octanol–water partition coefficient (Wildman–Crippen LogP) is 2.93. The zero-order valence-electron chi connectivity index (χ0n) is 11.8. The van der Waals surface area contributed by atoms with Gasteiger partial charge in [-0.1, -0.05) is 18.2 Å². The molecule has 1 aromatic rings. The first kappa shape index (κ1) is 14.4. The first-order chi connectivity index (χ1) is 10.1. The average Bonchev–Trinajstić information content (AvgIpc) is 3.20. The molecule has 0 saturated heterocycles. The number of aliphatic carboxylic acids is 1. The van der Waals surface area contributed by atoms with E-state index in [4.69, 9.17) is 5.11 Å². The fourth-order valence-electron chi connectivity index (χ4n) is 2.80. The van der Waals surface area contributed by atoms with E-state index >= 15 is 0 Å². The molecule has 1 aromatic carbocycles. The molecule has 112 valence electrons. The highest BCUT2D eigenvalue weighted by Gasteiger charge is 2.45. The number of carbonyl (C=O) groups excluding carboxylic acids is 1. The number of aryl methyl sites for hydroxylation is 1. The number of carboxylic acid groups (broad SMARTS) is 1. The van der Waals surface area contributed by atoms with E-state index in [9.17, 15) is 9.59 Å². The number of amides is 1. The number of nitrogens with one attached hydrogen (secondary N) is 1. The minimum atomic E-state index is -0.731. The molecule has 1 fully saturated rings. The van der Waals surface area contributed by atoms with Crippen LogP contribution in [0.25, 0.3) is 0 Å². The van der Waals surface area contributed by atoms with Gasteiger partial charge in [0.25, 0.3) is 0 Å².